The first-order chi connectivity index (χ1) is 7.99. The average Bonchev–Trinajstić information content (AvgIpc) is 2.97. The molecule has 1 heterocycles. The minimum absolute atomic E-state index is 0.146. The zero-order valence-electron chi connectivity index (χ0n) is 9.80. The van der Waals surface area contributed by atoms with E-state index >= 15 is 0 Å². The van der Waals surface area contributed by atoms with Crippen LogP contribution in [0.5, 0.6) is 0 Å². The molecule has 2 rings (SSSR count). The molecule has 1 saturated carbocycles. The van der Waals surface area contributed by atoms with Crippen molar-refractivity contribution in [2.45, 2.75) is 50.4 Å². The first-order valence-corrected chi connectivity index (χ1v) is 5.96. The van der Waals surface area contributed by atoms with E-state index in [1.54, 1.807) is 11.8 Å². The smallest absolute Gasteiger partial charge is 0.321 e. The predicted octanol–water partition coefficient (Wildman–Crippen LogP) is -0.827. The van der Waals surface area contributed by atoms with Crippen molar-refractivity contribution < 1.29 is 19.8 Å². The second kappa shape index (κ2) is 4.62. The molecule has 2 fully saturated rings. The SMILES string of the molecule is CC(C(=O)NC1CC1)N1CC(O)CC1C(=O)O. The lowest BCUT2D eigenvalue weighted by atomic mass is 10.2. The van der Waals surface area contributed by atoms with E-state index in [0.717, 1.165) is 12.8 Å². The van der Waals surface area contributed by atoms with Gasteiger partial charge in [0.25, 0.3) is 0 Å². The Kier molecular flexibility index (Phi) is 3.35. The lowest BCUT2D eigenvalue weighted by Gasteiger charge is -2.27. The number of aliphatic hydroxyl groups is 1. The van der Waals surface area contributed by atoms with Crippen LogP contribution in [0.1, 0.15) is 26.2 Å². The maximum absolute atomic E-state index is 11.8. The third-order valence-corrected chi connectivity index (χ3v) is 3.40. The molecule has 6 nitrogen and oxygen atoms in total. The van der Waals surface area contributed by atoms with Gasteiger partial charge in [0.15, 0.2) is 0 Å². The van der Waals surface area contributed by atoms with Crippen molar-refractivity contribution in [2.24, 2.45) is 0 Å². The highest BCUT2D eigenvalue weighted by Crippen LogP contribution is 2.23. The molecule has 3 N–H and O–H groups in total. The van der Waals surface area contributed by atoms with Gasteiger partial charge in [-0.3, -0.25) is 14.5 Å². The molecule has 1 aliphatic carbocycles. The minimum Gasteiger partial charge on any atom is -0.480 e. The minimum atomic E-state index is -0.979. The Labute approximate surface area is 99.6 Å². The molecule has 1 amide bonds. The summed E-state index contributed by atoms with van der Waals surface area (Å²) < 4.78 is 0. The Hall–Kier alpha value is -1.14. The van der Waals surface area contributed by atoms with Crippen LogP contribution in [0.3, 0.4) is 0 Å². The van der Waals surface area contributed by atoms with E-state index in [-0.39, 0.29) is 24.9 Å². The number of hydrogen-bond donors (Lipinski definition) is 3. The van der Waals surface area contributed by atoms with Crippen molar-refractivity contribution in [3.63, 3.8) is 0 Å². The van der Waals surface area contributed by atoms with Crippen LogP contribution in [0.4, 0.5) is 0 Å². The molecule has 1 aliphatic heterocycles. The molecular formula is C11H18N2O4. The number of carbonyl (C=O) groups is 2. The fourth-order valence-electron chi connectivity index (χ4n) is 2.21. The molecule has 2 aliphatic rings. The summed E-state index contributed by atoms with van der Waals surface area (Å²) in [6, 6.07) is -1.00. The third-order valence-electron chi connectivity index (χ3n) is 3.40. The van der Waals surface area contributed by atoms with Gasteiger partial charge in [0.1, 0.15) is 6.04 Å². The first-order valence-electron chi connectivity index (χ1n) is 5.96. The summed E-state index contributed by atoms with van der Waals surface area (Å²) >= 11 is 0. The number of likely N-dealkylation sites (tertiary alicyclic amines) is 1. The number of carbonyl (C=O) groups excluding carboxylic acids is 1. The van der Waals surface area contributed by atoms with Gasteiger partial charge >= 0.3 is 5.97 Å². The number of rotatable bonds is 4. The van der Waals surface area contributed by atoms with Gasteiger partial charge in [-0.1, -0.05) is 0 Å². The molecule has 6 heteroatoms. The summed E-state index contributed by atoms with van der Waals surface area (Å²) in [5.74, 6) is -1.12. The number of aliphatic hydroxyl groups excluding tert-OH is 1. The molecule has 3 atom stereocenters. The number of nitrogens with zero attached hydrogens (tertiary/aromatic N) is 1. The predicted molar refractivity (Wildman–Crippen MR) is 59.4 cm³/mol. The van der Waals surface area contributed by atoms with Crippen molar-refractivity contribution in [1.29, 1.82) is 0 Å². The largest absolute Gasteiger partial charge is 0.480 e. The number of β-amino-alcohol motifs (C(OH)–C–C–N with tert-alkyl or cyclic N) is 1. The standard InChI is InChI=1S/C11H18N2O4/c1-6(10(15)12-7-2-3-7)13-5-8(14)4-9(13)11(16)17/h6-9,14H,2-5H2,1H3,(H,12,15)(H,16,17). The quantitative estimate of drug-likeness (QED) is 0.599. The lowest BCUT2D eigenvalue weighted by Crippen LogP contribution is -2.50. The van der Waals surface area contributed by atoms with E-state index < -0.39 is 24.2 Å². The van der Waals surface area contributed by atoms with Crippen LogP contribution in [0, 0.1) is 0 Å². The first kappa shape index (κ1) is 12.3. The van der Waals surface area contributed by atoms with Crippen molar-refractivity contribution in [3.05, 3.63) is 0 Å². The van der Waals surface area contributed by atoms with E-state index in [0.29, 0.717) is 0 Å². The third kappa shape index (κ3) is 2.76. The normalized spacial score (nSPS) is 31.2. The highest BCUT2D eigenvalue weighted by atomic mass is 16.4. The van der Waals surface area contributed by atoms with Gasteiger partial charge in [-0.15, -0.1) is 0 Å². The van der Waals surface area contributed by atoms with Crippen molar-refractivity contribution in [2.75, 3.05) is 6.54 Å². The van der Waals surface area contributed by atoms with Crippen LogP contribution >= 0.6 is 0 Å². The highest BCUT2D eigenvalue weighted by Gasteiger charge is 2.41. The van der Waals surface area contributed by atoms with Gasteiger partial charge in [-0.2, -0.15) is 0 Å². The van der Waals surface area contributed by atoms with Crippen LogP contribution in [0.2, 0.25) is 0 Å². The van der Waals surface area contributed by atoms with Gasteiger partial charge < -0.3 is 15.5 Å². The Balaban J connectivity index is 1.98. The van der Waals surface area contributed by atoms with Crippen molar-refractivity contribution >= 4 is 11.9 Å². The number of carboxylic acid groups (broad SMARTS) is 1. The Morgan fingerprint density at radius 1 is 1.41 bits per heavy atom. The monoisotopic (exact) mass is 242 g/mol. The van der Waals surface area contributed by atoms with E-state index in [1.165, 1.54) is 0 Å². The zero-order chi connectivity index (χ0) is 12.6. The second-order valence-electron chi connectivity index (χ2n) is 4.90. The summed E-state index contributed by atoms with van der Waals surface area (Å²) in [4.78, 5) is 24.4. The van der Waals surface area contributed by atoms with Gasteiger partial charge in [0, 0.05) is 19.0 Å². The fraction of sp³-hybridized carbons (Fsp3) is 0.818. The van der Waals surface area contributed by atoms with Gasteiger partial charge in [0.2, 0.25) is 5.91 Å². The topological polar surface area (TPSA) is 89.9 Å². The van der Waals surface area contributed by atoms with Crippen LogP contribution in [-0.2, 0) is 9.59 Å². The van der Waals surface area contributed by atoms with Crippen LogP contribution in [0.25, 0.3) is 0 Å². The molecule has 17 heavy (non-hydrogen) atoms. The summed E-state index contributed by atoms with van der Waals surface area (Å²) in [6.45, 7) is 1.93. The van der Waals surface area contributed by atoms with Crippen molar-refractivity contribution in [3.8, 4) is 0 Å². The van der Waals surface area contributed by atoms with E-state index in [1.807, 2.05) is 0 Å². The molecule has 0 spiro atoms. The summed E-state index contributed by atoms with van der Waals surface area (Å²) in [7, 11) is 0. The number of nitrogens with one attached hydrogen (secondary N) is 1. The molecule has 0 aromatic heterocycles. The molecule has 1 saturated heterocycles. The van der Waals surface area contributed by atoms with Crippen molar-refractivity contribution in [1.82, 2.24) is 10.2 Å². The number of hydrogen-bond acceptors (Lipinski definition) is 4. The molecular weight excluding hydrogens is 224 g/mol. The molecule has 96 valence electrons. The summed E-state index contributed by atoms with van der Waals surface area (Å²) in [5, 5.41) is 21.4. The van der Waals surface area contributed by atoms with Gasteiger partial charge in [-0.25, -0.2) is 0 Å². The fourth-order valence-corrected chi connectivity index (χ4v) is 2.21. The zero-order valence-corrected chi connectivity index (χ0v) is 9.80. The number of carboxylic acids is 1. The maximum atomic E-state index is 11.8. The molecule has 0 aromatic carbocycles. The molecule has 0 bridgehead atoms. The summed E-state index contributed by atoms with van der Waals surface area (Å²) in [6.07, 6.45) is 1.54. The maximum Gasteiger partial charge on any atom is 0.321 e. The van der Waals surface area contributed by atoms with E-state index in [9.17, 15) is 14.7 Å². The highest BCUT2D eigenvalue weighted by molar-refractivity contribution is 5.83. The van der Waals surface area contributed by atoms with Crippen LogP contribution in [-0.4, -0.2) is 57.8 Å². The van der Waals surface area contributed by atoms with Gasteiger partial charge in [-0.05, 0) is 19.8 Å². The Morgan fingerprint density at radius 3 is 2.59 bits per heavy atom. The van der Waals surface area contributed by atoms with E-state index in [2.05, 4.69) is 5.32 Å². The molecule has 0 aromatic rings. The second-order valence-corrected chi connectivity index (χ2v) is 4.90. The number of amides is 1. The van der Waals surface area contributed by atoms with Crippen LogP contribution < -0.4 is 5.32 Å². The van der Waals surface area contributed by atoms with Crippen LogP contribution in [0.15, 0.2) is 0 Å². The summed E-state index contributed by atoms with van der Waals surface area (Å²) in [5.41, 5.74) is 0. The lowest BCUT2D eigenvalue weighted by molar-refractivity contribution is -0.143. The Morgan fingerprint density at radius 2 is 2.06 bits per heavy atom. The Bertz CT molecular complexity index is 329. The molecule has 3 unspecified atom stereocenters. The molecule has 0 radical (unpaired) electrons. The number of aliphatic carboxylic acids is 1. The average molecular weight is 242 g/mol. The van der Waals surface area contributed by atoms with Gasteiger partial charge in [0.05, 0.1) is 12.1 Å². The van der Waals surface area contributed by atoms with E-state index in [4.69, 9.17) is 5.11 Å².